The molecular formula is C15H19N3O2. The second-order valence-electron chi connectivity index (χ2n) is 5.05. The van der Waals surface area contributed by atoms with Crippen LogP contribution >= 0.6 is 0 Å². The van der Waals surface area contributed by atoms with Crippen molar-refractivity contribution in [3.8, 4) is 0 Å². The molecule has 0 radical (unpaired) electrons. The number of rotatable bonds is 4. The Morgan fingerprint density at radius 2 is 1.80 bits per heavy atom. The number of aryl methyl sites for hydroxylation is 3. The highest BCUT2D eigenvalue weighted by atomic mass is 16.5. The zero-order valence-electron chi connectivity index (χ0n) is 12.2. The van der Waals surface area contributed by atoms with Gasteiger partial charge in [-0.1, -0.05) is 11.2 Å². The van der Waals surface area contributed by atoms with Gasteiger partial charge in [-0.25, -0.2) is 0 Å². The number of benzene rings is 1. The SMILES string of the molecule is Cc1cc(C)cc(NC(C)C(=O)Nc2cc(C)on2)c1. The molecule has 0 spiro atoms. The molecule has 106 valence electrons. The van der Waals surface area contributed by atoms with E-state index in [9.17, 15) is 4.79 Å². The Bertz CT molecular complexity index is 599. The highest BCUT2D eigenvalue weighted by Crippen LogP contribution is 2.15. The van der Waals surface area contributed by atoms with Gasteiger partial charge >= 0.3 is 0 Å². The zero-order valence-corrected chi connectivity index (χ0v) is 12.2. The van der Waals surface area contributed by atoms with Gasteiger partial charge in [0, 0.05) is 11.8 Å². The van der Waals surface area contributed by atoms with Gasteiger partial charge in [-0.2, -0.15) is 0 Å². The Kier molecular flexibility index (Phi) is 4.08. The number of carbonyl (C=O) groups excluding carboxylic acids is 1. The van der Waals surface area contributed by atoms with Crippen LogP contribution in [0.3, 0.4) is 0 Å². The van der Waals surface area contributed by atoms with E-state index in [4.69, 9.17) is 4.52 Å². The number of hydrogen-bond acceptors (Lipinski definition) is 4. The lowest BCUT2D eigenvalue weighted by Crippen LogP contribution is -2.32. The predicted molar refractivity (Wildman–Crippen MR) is 78.9 cm³/mol. The fourth-order valence-corrected chi connectivity index (χ4v) is 2.03. The van der Waals surface area contributed by atoms with Gasteiger partial charge in [-0.15, -0.1) is 0 Å². The second-order valence-corrected chi connectivity index (χ2v) is 5.05. The molecule has 1 atom stereocenters. The molecule has 2 N–H and O–H groups in total. The zero-order chi connectivity index (χ0) is 14.7. The summed E-state index contributed by atoms with van der Waals surface area (Å²) in [7, 11) is 0. The monoisotopic (exact) mass is 273 g/mol. The van der Waals surface area contributed by atoms with Crippen molar-refractivity contribution in [2.45, 2.75) is 33.7 Å². The minimum Gasteiger partial charge on any atom is -0.374 e. The molecule has 1 aromatic heterocycles. The highest BCUT2D eigenvalue weighted by molar-refractivity contribution is 5.95. The van der Waals surface area contributed by atoms with E-state index in [1.807, 2.05) is 26.0 Å². The van der Waals surface area contributed by atoms with Crippen LogP contribution in [-0.4, -0.2) is 17.1 Å². The Hall–Kier alpha value is -2.30. The first-order valence-corrected chi connectivity index (χ1v) is 6.53. The van der Waals surface area contributed by atoms with Crippen LogP contribution in [0.4, 0.5) is 11.5 Å². The first-order valence-electron chi connectivity index (χ1n) is 6.53. The van der Waals surface area contributed by atoms with Gasteiger partial charge in [0.2, 0.25) is 5.91 Å². The Balaban J connectivity index is 2.00. The number of nitrogens with one attached hydrogen (secondary N) is 2. The van der Waals surface area contributed by atoms with E-state index >= 15 is 0 Å². The van der Waals surface area contributed by atoms with Crippen molar-refractivity contribution in [2.24, 2.45) is 0 Å². The van der Waals surface area contributed by atoms with Crippen LogP contribution in [0.15, 0.2) is 28.8 Å². The van der Waals surface area contributed by atoms with Gasteiger partial charge in [0.25, 0.3) is 0 Å². The molecule has 0 fully saturated rings. The third kappa shape index (κ3) is 3.60. The molecule has 2 aromatic rings. The number of nitrogens with zero attached hydrogens (tertiary/aromatic N) is 1. The molecule has 0 aliphatic carbocycles. The van der Waals surface area contributed by atoms with Crippen LogP contribution in [0.2, 0.25) is 0 Å². The number of hydrogen-bond donors (Lipinski definition) is 2. The van der Waals surface area contributed by atoms with E-state index in [2.05, 4.69) is 21.9 Å². The lowest BCUT2D eigenvalue weighted by atomic mass is 10.1. The van der Waals surface area contributed by atoms with Gasteiger partial charge in [-0.05, 0) is 51.0 Å². The third-order valence-corrected chi connectivity index (χ3v) is 2.88. The summed E-state index contributed by atoms with van der Waals surface area (Å²) < 4.78 is 4.91. The summed E-state index contributed by atoms with van der Waals surface area (Å²) in [5.41, 5.74) is 3.25. The minimum atomic E-state index is -0.367. The smallest absolute Gasteiger partial charge is 0.247 e. The number of aromatic nitrogens is 1. The van der Waals surface area contributed by atoms with Crippen molar-refractivity contribution >= 4 is 17.4 Å². The molecule has 0 saturated carbocycles. The molecule has 0 aliphatic rings. The summed E-state index contributed by atoms with van der Waals surface area (Å²) in [4.78, 5) is 12.0. The van der Waals surface area contributed by atoms with Crippen LogP contribution in [0.25, 0.3) is 0 Å². The van der Waals surface area contributed by atoms with Gasteiger partial charge in [0.1, 0.15) is 11.8 Å². The Morgan fingerprint density at radius 3 is 2.35 bits per heavy atom. The van der Waals surface area contributed by atoms with E-state index in [1.165, 1.54) is 0 Å². The normalized spacial score (nSPS) is 12.0. The van der Waals surface area contributed by atoms with E-state index in [1.54, 1.807) is 19.9 Å². The van der Waals surface area contributed by atoms with Crippen molar-refractivity contribution in [3.05, 3.63) is 41.2 Å². The van der Waals surface area contributed by atoms with E-state index in [0.29, 0.717) is 11.6 Å². The maximum Gasteiger partial charge on any atom is 0.247 e. The topological polar surface area (TPSA) is 67.2 Å². The lowest BCUT2D eigenvalue weighted by molar-refractivity contribution is -0.116. The van der Waals surface area contributed by atoms with Crippen LogP contribution < -0.4 is 10.6 Å². The predicted octanol–water partition coefficient (Wildman–Crippen LogP) is 3.04. The Morgan fingerprint density at radius 1 is 1.15 bits per heavy atom. The molecule has 1 heterocycles. The number of carbonyl (C=O) groups is 1. The van der Waals surface area contributed by atoms with Crippen LogP contribution in [0.1, 0.15) is 23.8 Å². The van der Waals surface area contributed by atoms with E-state index in [-0.39, 0.29) is 11.9 Å². The molecule has 5 nitrogen and oxygen atoms in total. The third-order valence-electron chi connectivity index (χ3n) is 2.88. The fraction of sp³-hybridized carbons (Fsp3) is 0.333. The van der Waals surface area contributed by atoms with Crippen molar-refractivity contribution in [1.82, 2.24) is 5.16 Å². The fourth-order valence-electron chi connectivity index (χ4n) is 2.03. The van der Waals surface area contributed by atoms with Crippen molar-refractivity contribution in [1.29, 1.82) is 0 Å². The van der Waals surface area contributed by atoms with Gasteiger partial charge in [-0.3, -0.25) is 4.79 Å². The first kappa shape index (κ1) is 14.1. The maximum absolute atomic E-state index is 12.0. The lowest BCUT2D eigenvalue weighted by Gasteiger charge is -2.15. The van der Waals surface area contributed by atoms with Crippen LogP contribution in [0, 0.1) is 20.8 Å². The van der Waals surface area contributed by atoms with Crippen molar-refractivity contribution in [3.63, 3.8) is 0 Å². The average Bonchev–Trinajstić information content (AvgIpc) is 2.73. The quantitative estimate of drug-likeness (QED) is 0.898. The molecule has 0 saturated heterocycles. The molecule has 20 heavy (non-hydrogen) atoms. The summed E-state index contributed by atoms with van der Waals surface area (Å²) in [5, 5.41) is 9.62. The van der Waals surface area contributed by atoms with Gasteiger partial charge < -0.3 is 15.2 Å². The summed E-state index contributed by atoms with van der Waals surface area (Å²) in [5.74, 6) is 0.939. The van der Waals surface area contributed by atoms with Gasteiger partial charge in [0.15, 0.2) is 5.82 Å². The maximum atomic E-state index is 12.0. The molecule has 1 unspecified atom stereocenters. The summed E-state index contributed by atoms with van der Waals surface area (Å²) in [6.45, 7) is 7.64. The molecule has 2 rings (SSSR count). The Labute approximate surface area is 118 Å². The summed E-state index contributed by atoms with van der Waals surface area (Å²) >= 11 is 0. The molecule has 1 amide bonds. The molecule has 5 heteroatoms. The standard InChI is InChI=1S/C15H19N3O2/c1-9-5-10(2)7-13(6-9)16-12(4)15(19)17-14-8-11(3)20-18-14/h5-8,12,16H,1-4H3,(H,17,18,19). The average molecular weight is 273 g/mol. The molecular weight excluding hydrogens is 254 g/mol. The van der Waals surface area contributed by atoms with E-state index < -0.39 is 0 Å². The molecule has 0 bridgehead atoms. The summed E-state index contributed by atoms with van der Waals surface area (Å²) in [6, 6.07) is 7.43. The number of amides is 1. The van der Waals surface area contributed by atoms with E-state index in [0.717, 1.165) is 16.8 Å². The largest absolute Gasteiger partial charge is 0.374 e. The number of anilines is 2. The minimum absolute atomic E-state index is 0.155. The summed E-state index contributed by atoms with van der Waals surface area (Å²) in [6.07, 6.45) is 0. The van der Waals surface area contributed by atoms with Crippen LogP contribution in [-0.2, 0) is 4.79 Å². The second kappa shape index (κ2) is 5.77. The van der Waals surface area contributed by atoms with Crippen molar-refractivity contribution < 1.29 is 9.32 Å². The van der Waals surface area contributed by atoms with Crippen molar-refractivity contribution in [2.75, 3.05) is 10.6 Å². The molecule has 1 aromatic carbocycles. The molecule has 0 aliphatic heterocycles. The van der Waals surface area contributed by atoms with Gasteiger partial charge in [0.05, 0.1) is 0 Å². The van der Waals surface area contributed by atoms with Crippen LogP contribution in [0.5, 0.6) is 0 Å². The first-order chi connectivity index (χ1) is 9.44. The highest BCUT2D eigenvalue weighted by Gasteiger charge is 2.14.